The van der Waals surface area contributed by atoms with E-state index in [2.05, 4.69) is 21.2 Å². The molecule has 3 N–H and O–H groups in total. The van der Waals surface area contributed by atoms with Crippen molar-refractivity contribution in [1.29, 1.82) is 0 Å². The summed E-state index contributed by atoms with van der Waals surface area (Å²) in [6.45, 7) is -0.257. The fourth-order valence-corrected chi connectivity index (χ4v) is 1.78. The summed E-state index contributed by atoms with van der Waals surface area (Å²) in [5.41, 5.74) is 3.49. The van der Waals surface area contributed by atoms with Crippen LogP contribution in [0.5, 0.6) is 5.75 Å². The molecule has 0 aliphatic heterocycles. The number of ether oxygens (including phenoxy) is 1. The molecule has 0 unspecified atom stereocenters. The van der Waals surface area contributed by atoms with Gasteiger partial charge in [-0.25, -0.2) is 14.6 Å². The number of benzene rings is 2. The second kappa shape index (κ2) is 9.02. The number of urea groups is 1. The van der Waals surface area contributed by atoms with Gasteiger partial charge in [0.15, 0.2) is 0 Å². The Labute approximate surface area is 143 Å². The summed E-state index contributed by atoms with van der Waals surface area (Å²) in [6.07, 6.45) is 1.47. The molecule has 130 valence electrons. The molecular weight excluding hydrogens is 327 g/mol. The Kier molecular flexibility index (Phi) is 6.47. The third kappa shape index (κ3) is 6.30. The lowest BCUT2D eigenvalue weighted by molar-refractivity contribution is -0.120. The second-order valence-corrected chi connectivity index (χ2v) is 4.88. The number of amides is 3. The van der Waals surface area contributed by atoms with Gasteiger partial charge < -0.3 is 15.4 Å². The molecule has 0 atom stereocenters. The van der Waals surface area contributed by atoms with Gasteiger partial charge in [0.05, 0.1) is 13.3 Å². The van der Waals surface area contributed by atoms with Gasteiger partial charge in [-0.1, -0.05) is 0 Å². The minimum absolute atomic E-state index is 0.257. The SMILES string of the molecule is COc1ccc(C=NNC(=O)CNC(=O)Nc2ccc(F)cc2)cc1. The summed E-state index contributed by atoms with van der Waals surface area (Å²) in [4.78, 5) is 23.2. The van der Waals surface area contributed by atoms with Crippen LogP contribution in [0.4, 0.5) is 14.9 Å². The first-order valence-corrected chi connectivity index (χ1v) is 7.33. The van der Waals surface area contributed by atoms with E-state index in [1.165, 1.54) is 30.5 Å². The number of carbonyl (C=O) groups excluding carboxylic acids is 2. The molecule has 25 heavy (non-hydrogen) atoms. The van der Waals surface area contributed by atoms with Crippen molar-refractivity contribution >= 4 is 23.8 Å². The average molecular weight is 344 g/mol. The topological polar surface area (TPSA) is 91.8 Å². The molecule has 0 bridgehead atoms. The predicted molar refractivity (Wildman–Crippen MR) is 92.2 cm³/mol. The van der Waals surface area contributed by atoms with Crippen molar-refractivity contribution in [3.63, 3.8) is 0 Å². The van der Waals surface area contributed by atoms with Gasteiger partial charge >= 0.3 is 6.03 Å². The number of hydrogen-bond donors (Lipinski definition) is 3. The Morgan fingerprint density at radius 3 is 2.44 bits per heavy atom. The zero-order valence-electron chi connectivity index (χ0n) is 13.5. The predicted octanol–water partition coefficient (Wildman–Crippen LogP) is 2.11. The average Bonchev–Trinajstić information content (AvgIpc) is 2.62. The second-order valence-electron chi connectivity index (χ2n) is 4.88. The quantitative estimate of drug-likeness (QED) is 0.553. The van der Waals surface area contributed by atoms with E-state index < -0.39 is 17.8 Å². The standard InChI is InChI=1S/C17H17FN4O3/c1-25-15-8-2-12(3-9-15)10-20-22-16(23)11-19-17(24)21-14-6-4-13(18)5-7-14/h2-10H,11H2,1H3,(H,22,23)(H2,19,21,24). The molecular formula is C17H17FN4O3. The highest BCUT2D eigenvalue weighted by molar-refractivity contribution is 5.92. The van der Waals surface area contributed by atoms with E-state index in [1.807, 2.05) is 0 Å². The molecule has 0 aromatic heterocycles. The minimum Gasteiger partial charge on any atom is -0.497 e. The first kappa shape index (κ1) is 17.9. The van der Waals surface area contributed by atoms with Crippen LogP contribution in [-0.2, 0) is 4.79 Å². The van der Waals surface area contributed by atoms with Gasteiger partial charge in [-0.15, -0.1) is 0 Å². The molecule has 0 heterocycles. The molecule has 0 aliphatic rings. The third-order valence-corrected chi connectivity index (χ3v) is 3.03. The van der Waals surface area contributed by atoms with Crippen LogP contribution < -0.4 is 20.8 Å². The van der Waals surface area contributed by atoms with Crippen molar-refractivity contribution in [2.24, 2.45) is 5.10 Å². The summed E-state index contributed by atoms with van der Waals surface area (Å²) >= 11 is 0. The molecule has 7 nitrogen and oxygen atoms in total. The monoisotopic (exact) mass is 344 g/mol. The smallest absolute Gasteiger partial charge is 0.319 e. The maximum absolute atomic E-state index is 12.8. The van der Waals surface area contributed by atoms with Crippen molar-refractivity contribution in [3.8, 4) is 5.75 Å². The van der Waals surface area contributed by atoms with Crippen molar-refractivity contribution in [3.05, 3.63) is 59.9 Å². The number of anilines is 1. The van der Waals surface area contributed by atoms with E-state index in [0.717, 1.165) is 11.3 Å². The zero-order chi connectivity index (χ0) is 18.1. The molecule has 0 aliphatic carbocycles. The van der Waals surface area contributed by atoms with Crippen molar-refractivity contribution in [2.45, 2.75) is 0 Å². The molecule has 0 spiro atoms. The molecule has 0 saturated carbocycles. The van der Waals surface area contributed by atoms with Gasteiger partial charge in [0, 0.05) is 5.69 Å². The maximum atomic E-state index is 12.8. The molecule has 8 heteroatoms. The summed E-state index contributed by atoms with van der Waals surface area (Å²) in [5.74, 6) is -0.170. The number of halogens is 1. The highest BCUT2D eigenvalue weighted by Crippen LogP contribution is 2.09. The first-order chi connectivity index (χ1) is 12.1. The number of nitrogens with one attached hydrogen (secondary N) is 3. The molecule has 2 aromatic carbocycles. The highest BCUT2D eigenvalue weighted by atomic mass is 19.1. The van der Waals surface area contributed by atoms with E-state index in [-0.39, 0.29) is 6.54 Å². The maximum Gasteiger partial charge on any atom is 0.319 e. The zero-order valence-corrected chi connectivity index (χ0v) is 13.5. The van der Waals surface area contributed by atoms with E-state index in [1.54, 1.807) is 31.4 Å². The number of carbonyl (C=O) groups is 2. The Morgan fingerprint density at radius 1 is 1.12 bits per heavy atom. The number of nitrogens with zero attached hydrogens (tertiary/aromatic N) is 1. The van der Waals surface area contributed by atoms with Crippen LogP contribution >= 0.6 is 0 Å². The largest absolute Gasteiger partial charge is 0.497 e. The molecule has 2 rings (SSSR count). The van der Waals surface area contributed by atoms with Crippen LogP contribution in [-0.4, -0.2) is 31.8 Å². The number of methoxy groups -OCH3 is 1. The lowest BCUT2D eigenvalue weighted by Gasteiger charge is -2.06. The van der Waals surface area contributed by atoms with Crippen molar-refractivity contribution in [2.75, 3.05) is 19.0 Å². The Bertz CT molecular complexity index is 745. The first-order valence-electron chi connectivity index (χ1n) is 7.33. The molecule has 2 aromatic rings. The van der Waals surface area contributed by atoms with Gasteiger partial charge in [0.2, 0.25) is 0 Å². The third-order valence-electron chi connectivity index (χ3n) is 3.03. The number of rotatable bonds is 6. The lowest BCUT2D eigenvalue weighted by Crippen LogP contribution is -2.37. The van der Waals surface area contributed by atoms with Crippen LogP contribution in [0.15, 0.2) is 53.6 Å². The van der Waals surface area contributed by atoms with Crippen LogP contribution in [0.2, 0.25) is 0 Å². The van der Waals surface area contributed by atoms with E-state index in [4.69, 9.17) is 4.74 Å². The molecule has 0 saturated heterocycles. The van der Waals surface area contributed by atoms with Crippen molar-refractivity contribution in [1.82, 2.24) is 10.7 Å². The molecule has 0 fully saturated rings. The summed E-state index contributed by atoms with van der Waals surface area (Å²) in [7, 11) is 1.57. The fourth-order valence-electron chi connectivity index (χ4n) is 1.78. The molecule has 0 radical (unpaired) electrons. The van der Waals surface area contributed by atoms with Gasteiger partial charge in [-0.3, -0.25) is 4.79 Å². The summed E-state index contributed by atoms with van der Waals surface area (Å²) in [5, 5.41) is 8.62. The van der Waals surface area contributed by atoms with Crippen LogP contribution in [0.3, 0.4) is 0 Å². The normalized spacial score (nSPS) is 10.3. The summed E-state index contributed by atoms with van der Waals surface area (Å²) in [6, 6.07) is 11.8. The van der Waals surface area contributed by atoms with Gasteiger partial charge in [-0.05, 0) is 54.1 Å². The minimum atomic E-state index is -0.583. The van der Waals surface area contributed by atoms with Crippen LogP contribution in [0, 0.1) is 5.82 Å². The van der Waals surface area contributed by atoms with Gasteiger partial charge in [0.1, 0.15) is 18.1 Å². The Balaban J connectivity index is 1.71. The van der Waals surface area contributed by atoms with Gasteiger partial charge in [-0.2, -0.15) is 5.10 Å². The Morgan fingerprint density at radius 2 is 1.80 bits per heavy atom. The van der Waals surface area contributed by atoms with Crippen LogP contribution in [0.25, 0.3) is 0 Å². The summed E-state index contributed by atoms with van der Waals surface area (Å²) < 4.78 is 17.8. The van der Waals surface area contributed by atoms with Crippen molar-refractivity contribution < 1.29 is 18.7 Å². The number of hydrazone groups is 1. The Hall–Kier alpha value is -3.42. The van der Waals surface area contributed by atoms with E-state index in [0.29, 0.717) is 5.69 Å². The fraction of sp³-hybridized carbons (Fsp3) is 0.118. The molecule has 3 amide bonds. The van der Waals surface area contributed by atoms with Crippen LogP contribution in [0.1, 0.15) is 5.56 Å². The van der Waals surface area contributed by atoms with Gasteiger partial charge in [0.25, 0.3) is 5.91 Å². The lowest BCUT2D eigenvalue weighted by atomic mass is 10.2. The number of hydrogen-bond acceptors (Lipinski definition) is 4. The highest BCUT2D eigenvalue weighted by Gasteiger charge is 2.05. The van der Waals surface area contributed by atoms with E-state index in [9.17, 15) is 14.0 Å². The van der Waals surface area contributed by atoms with E-state index >= 15 is 0 Å².